The Kier molecular flexibility index (Phi) is 5.00. The molecule has 7 heteroatoms. The first-order valence-corrected chi connectivity index (χ1v) is 9.95. The average molecular weight is 394 g/mol. The summed E-state index contributed by atoms with van der Waals surface area (Å²) in [6.07, 6.45) is 3.39. The number of carboxylic acids is 1. The highest BCUT2D eigenvalue weighted by Gasteiger charge is 2.22. The standard InChI is InChI=1S/C22H26N4O3/c1-14(22(28)29)26-13-16(17-6-4-5-7-20(17)26)12-25-10-8-18-19(9-11-25)23-15(2)24(3)21(18)27/h4-7,13-14H,8-12H2,1-3H3,(H,28,29)/t14-/m0/s1. The maximum absolute atomic E-state index is 12.6. The highest BCUT2D eigenvalue weighted by atomic mass is 16.4. The van der Waals surface area contributed by atoms with Crippen LogP contribution >= 0.6 is 0 Å². The molecule has 0 saturated carbocycles. The molecule has 1 aliphatic heterocycles. The molecule has 1 N–H and O–H groups in total. The molecule has 0 bridgehead atoms. The molecule has 7 nitrogen and oxygen atoms in total. The number of hydrogen-bond donors (Lipinski definition) is 1. The lowest BCUT2D eigenvalue weighted by atomic mass is 10.1. The van der Waals surface area contributed by atoms with Crippen LogP contribution in [0.15, 0.2) is 35.3 Å². The van der Waals surface area contributed by atoms with Gasteiger partial charge in [-0.25, -0.2) is 9.78 Å². The number of carbonyl (C=O) groups is 1. The molecule has 0 unspecified atom stereocenters. The zero-order valence-corrected chi connectivity index (χ0v) is 17.1. The van der Waals surface area contributed by atoms with Crippen LogP contribution < -0.4 is 5.56 Å². The number of carboxylic acid groups (broad SMARTS) is 1. The van der Waals surface area contributed by atoms with Gasteiger partial charge in [-0.2, -0.15) is 0 Å². The first-order valence-electron chi connectivity index (χ1n) is 9.95. The molecule has 0 saturated heterocycles. The van der Waals surface area contributed by atoms with Crippen LogP contribution in [0.2, 0.25) is 0 Å². The molecule has 2 aromatic heterocycles. The molecule has 0 radical (unpaired) electrons. The van der Waals surface area contributed by atoms with Crippen molar-refractivity contribution in [1.29, 1.82) is 0 Å². The third kappa shape index (κ3) is 3.46. The summed E-state index contributed by atoms with van der Waals surface area (Å²) in [6, 6.07) is 7.30. The van der Waals surface area contributed by atoms with E-state index >= 15 is 0 Å². The van der Waals surface area contributed by atoms with Gasteiger partial charge in [0.25, 0.3) is 5.56 Å². The Balaban J connectivity index is 1.62. The summed E-state index contributed by atoms with van der Waals surface area (Å²) in [5, 5.41) is 10.5. The Hall–Kier alpha value is -2.93. The van der Waals surface area contributed by atoms with E-state index in [0.29, 0.717) is 13.0 Å². The fourth-order valence-corrected chi connectivity index (χ4v) is 4.16. The van der Waals surface area contributed by atoms with Gasteiger partial charge >= 0.3 is 5.97 Å². The topological polar surface area (TPSA) is 80.4 Å². The Morgan fingerprint density at radius 2 is 1.97 bits per heavy atom. The molecular formula is C22H26N4O3. The molecule has 1 aromatic carbocycles. The summed E-state index contributed by atoms with van der Waals surface area (Å²) in [6.45, 7) is 5.88. The van der Waals surface area contributed by atoms with Crippen LogP contribution in [-0.4, -0.2) is 43.2 Å². The molecule has 1 atom stereocenters. The lowest BCUT2D eigenvalue weighted by molar-refractivity contribution is -0.140. The van der Waals surface area contributed by atoms with Crippen LogP contribution in [0.4, 0.5) is 0 Å². The number of aryl methyl sites for hydroxylation is 1. The quantitative estimate of drug-likeness (QED) is 0.734. The second kappa shape index (κ2) is 7.48. The molecule has 152 valence electrons. The molecule has 0 amide bonds. The van der Waals surface area contributed by atoms with Crippen molar-refractivity contribution in [2.75, 3.05) is 13.1 Å². The van der Waals surface area contributed by atoms with Gasteiger partial charge in [0.15, 0.2) is 0 Å². The summed E-state index contributed by atoms with van der Waals surface area (Å²) in [4.78, 5) is 31.1. The number of para-hydroxylation sites is 1. The van der Waals surface area contributed by atoms with Crippen molar-refractivity contribution < 1.29 is 9.90 Å². The van der Waals surface area contributed by atoms with Crippen LogP contribution in [0.5, 0.6) is 0 Å². The Bertz CT molecular complexity index is 1140. The number of rotatable bonds is 4. The second-order valence-electron chi connectivity index (χ2n) is 7.82. The summed E-state index contributed by atoms with van der Waals surface area (Å²) < 4.78 is 3.45. The smallest absolute Gasteiger partial charge is 0.326 e. The van der Waals surface area contributed by atoms with Gasteiger partial charge in [0.05, 0.1) is 5.69 Å². The molecule has 0 spiro atoms. The number of fused-ring (bicyclic) bond motifs is 2. The molecule has 0 aliphatic carbocycles. The van der Waals surface area contributed by atoms with E-state index in [1.165, 1.54) is 0 Å². The molecule has 3 heterocycles. The largest absolute Gasteiger partial charge is 0.480 e. The lowest BCUT2D eigenvalue weighted by Gasteiger charge is -2.19. The third-order valence-corrected chi connectivity index (χ3v) is 6.03. The van der Waals surface area contributed by atoms with Crippen LogP contribution in [-0.2, 0) is 31.2 Å². The Morgan fingerprint density at radius 3 is 2.72 bits per heavy atom. The maximum atomic E-state index is 12.6. The highest BCUT2D eigenvalue weighted by Crippen LogP contribution is 2.26. The minimum atomic E-state index is -0.847. The van der Waals surface area contributed by atoms with E-state index < -0.39 is 12.0 Å². The Labute approximate surface area is 169 Å². The van der Waals surface area contributed by atoms with Crippen molar-refractivity contribution in [2.24, 2.45) is 7.05 Å². The van der Waals surface area contributed by atoms with Crippen molar-refractivity contribution in [1.82, 2.24) is 19.0 Å². The van der Waals surface area contributed by atoms with Crippen LogP contribution in [0.25, 0.3) is 10.9 Å². The van der Waals surface area contributed by atoms with E-state index in [1.54, 1.807) is 18.5 Å². The van der Waals surface area contributed by atoms with Gasteiger partial charge in [-0.15, -0.1) is 0 Å². The predicted octanol–water partition coefficient (Wildman–Crippen LogP) is 2.29. The van der Waals surface area contributed by atoms with Gasteiger partial charge < -0.3 is 9.67 Å². The Morgan fingerprint density at radius 1 is 1.24 bits per heavy atom. The number of hydrogen-bond acceptors (Lipinski definition) is 4. The molecule has 0 fully saturated rings. The van der Waals surface area contributed by atoms with Gasteiger partial charge in [-0.05, 0) is 31.9 Å². The first kappa shape index (κ1) is 19.4. The average Bonchev–Trinajstić information content (AvgIpc) is 2.94. The van der Waals surface area contributed by atoms with Gasteiger partial charge in [0.2, 0.25) is 0 Å². The predicted molar refractivity (Wildman–Crippen MR) is 111 cm³/mol. The molecule has 1 aliphatic rings. The van der Waals surface area contributed by atoms with Crippen molar-refractivity contribution in [3.05, 3.63) is 63.5 Å². The van der Waals surface area contributed by atoms with Crippen molar-refractivity contribution >= 4 is 16.9 Å². The molecule has 3 aromatic rings. The zero-order chi connectivity index (χ0) is 20.7. The first-order chi connectivity index (χ1) is 13.9. The van der Waals surface area contributed by atoms with Gasteiger partial charge in [0, 0.05) is 55.8 Å². The van der Waals surface area contributed by atoms with E-state index in [2.05, 4.69) is 9.88 Å². The summed E-state index contributed by atoms with van der Waals surface area (Å²) >= 11 is 0. The number of nitrogens with zero attached hydrogens (tertiary/aromatic N) is 4. The maximum Gasteiger partial charge on any atom is 0.326 e. The van der Waals surface area contributed by atoms with Crippen molar-refractivity contribution in [3.63, 3.8) is 0 Å². The molecular weight excluding hydrogens is 368 g/mol. The number of aliphatic carboxylic acids is 1. The van der Waals surface area contributed by atoms with Crippen molar-refractivity contribution in [3.8, 4) is 0 Å². The van der Waals surface area contributed by atoms with Crippen molar-refractivity contribution in [2.45, 2.75) is 39.3 Å². The third-order valence-electron chi connectivity index (χ3n) is 6.03. The van der Waals surface area contributed by atoms with Gasteiger partial charge in [0.1, 0.15) is 11.9 Å². The van der Waals surface area contributed by atoms with E-state index in [1.807, 2.05) is 42.0 Å². The van der Waals surface area contributed by atoms with Gasteiger partial charge in [-0.1, -0.05) is 18.2 Å². The van der Waals surface area contributed by atoms with Crippen LogP contribution in [0, 0.1) is 6.92 Å². The molecule has 4 rings (SSSR count). The highest BCUT2D eigenvalue weighted by molar-refractivity contribution is 5.86. The SMILES string of the molecule is Cc1nc2c(c(=O)n1C)CCN(Cc1cn([C@@H](C)C(=O)O)c3ccccc13)CC2. The van der Waals surface area contributed by atoms with E-state index in [-0.39, 0.29) is 5.56 Å². The molecule has 29 heavy (non-hydrogen) atoms. The monoisotopic (exact) mass is 394 g/mol. The minimum Gasteiger partial charge on any atom is -0.480 e. The van der Waals surface area contributed by atoms with E-state index in [4.69, 9.17) is 0 Å². The fourth-order valence-electron chi connectivity index (χ4n) is 4.16. The van der Waals surface area contributed by atoms with Crippen LogP contribution in [0.1, 0.15) is 35.6 Å². The fraction of sp³-hybridized carbons (Fsp3) is 0.409. The number of aromatic nitrogens is 3. The van der Waals surface area contributed by atoms with Crippen LogP contribution in [0.3, 0.4) is 0 Å². The lowest BCUT2D eigenvalue weighted by Crippen LogP contribution is -2.28. The van der Waals surface area contributed by atoms with E-state index in [9.17, 15) is 14.7 Å². The normalized spacial score (nSPS) is 15.8. The summed E-state index contributed by atoms with van der Waals surface area (Å²) in [5.41, 5.74) is 3.83. The van der Waals surface area contributed by atoms with E-state index in [0.717, 1.165) is 53.1 Å². The number of benzene rings is 1. The summed E-state index contributed by atoms with van der Waals surface area (Å²) in [5.74, 6) is -0.104. The summed E-state index contributed by atoms with van der Waals surface area (Å²) in [7, 11) is 1.77. The second-order valence-corrected chi connectivity index (χ2v) is 7.82. The zero-order valence-electron chi connectivity index (χ0n) is 17.1. The minimum absolute atomic E-state index is 0.0567. The van der Waals surface area contributed by atoms with Gasteiger partial charge in [-0.3, -0.25) is 14.3 Å².